The molecule has 2 aromatic carbocycles. The van der Waals surface area contributed by atoms with E-state index in [0.717, 1.165) is 21.6 Å². The Bertz CT molecular complexity index is 787. The zero-order chi connectivity index (χ0) is 15.4. The van der Waals surface area contributed by atoms with E-state index in [1.165, 1.54) is 11.3 Å². The Kier molecular flexibility index (Phi) is 4.52. The molecule has 108 valence electrons. The first-order valence-electron chi connectivity index (χ1n) is 6.85. The molecule has 0 saturated heterocycles. The first-order valence-corrected chi connectivity index (χ1v) is 8.11. The molecule has 3 heteroatoms. The molecule has 0 atom stereocenters. The Balaban J connectivity index is 2.07. The average molecular weight is 325 g/mol. The molecule has 22 heavy (non-hydrogen) atoms. The highest BCUT2D eigenvalue weighted by molar-refractivity contribution is 7.12. The van der Waals surface area contributed by atoms with E-state index in [1.807, 2.05) is 72.1 Å². The minimum atomic E-state index is 0.0174. The number of carbonyl (C=O) groups is 1. The summed E-state index contributed by atoms with van der Waals surface area (Å²) in [6.07, 6.45) is 1.70. The lowest BCUT2D eigenvalue weighted by Gasteiger charge is -2.08. The molecule has 0 spiro atoms. The Morgan fingerprint density at radius 3 is 2.18 bits per heavy atom. The Hall–Kier alpha value is -2.16. The van der Waals surface area contributed by atoms with E-state index in [4.69, 9.17) is 11.6 Å². The second-order valence-electron chi connectivity index (χ2n) is 4.77. The third-order valence-electron chi connectivity index (χ3n) is 3.28. The maximum Gasteiger partial charge on any atom is 0.196 e. The number of benzene rings is 2. The molecule has 1 aromatic heterocycles. The molecule has 1 nitrogen and oxygen atoms in total. The van der Waals surface area contributed by atoms with Crippen LogP contribution >= 0.6 is 22.9 Å². The molecule has 0 fully saturated rings. The standard InChI is InChI=1S/C19H13ClOS/c20-16-10-8-15(9-11-16)17(14-5-2-1-3-6-14)13-18(21)19-7-4-12-22-19/h1-13H/b17-13-. The molecule has 3 rings (SSSR count). The van der Waals surface area contributed by atoms with Gasteiger partial charge in [-0.1, -0.05) is 60.1 Å². The Labute approximate surface area is 138 Å². The largest absolute Gasteiger partial charge is 0.288 e. The van der Waals surface area contributed by atoms with Gasteiger partial charge in [-0.05, 0) is 46.4 Å². The van der Waals surface area contributed by atoms with Crippen LogP contribution in [-0.4, -0.2) is 5.78 Å². The molecule has 0 unspecified atom stereocenters. The maximum absolute atomic E-state index is 12.4. The van der Waals surface area contributed by atoms with Crippen molar-refractivity contribution in [2.24, 2.45) is 0 Å². The summed E-state index contributed by atoms with van der Waals surface area (Å²) in [4.78, 5) is 13.2. The normalized spacial score (nSPS) is 11.4. The zero-order valence-corrected chi connectivity index (χ0v) is 13.3. The lowest BCUT2D eigenvalue weighted by atomic mass is 9.96. The monoisotopic (exact) mass is 324 g/mol. The first kappa shape index (κ1) is 14.8. The number of thiophene rings is 1. The van der Waals surface area contributed by atoms with Crippen molar-refractivity contribution < 1.29 is 4.79 Å². The van der Waals surface area contributed by atoms with Crippen molar-refractivity contribution in [1.29, 1.82) is 0 Å². The fourth-order valence-electron chi connectivity index (χ4n) is 2.20. The molecule has 0 aliphatic heterocycles. The quantitative estimate of drug-likeness (QED) is 0.443. The van der Waals surface area contributed by atoms with Crippen LogP contribution in [0.2, 0.25) is 5.02 Å². The molecule has 1 heterocycles. The second-order valence-corrected chi connectivity index (χ2v) is 6.16. The number of hydrogen-bond donors (Lipinski definition) is 0. The number of ketones is 1. The molecule has 0 radical (unpaired) electrons. The Morgan fingerprint density at radius 1 is 0.864 bits per heavy atom. The van der Waals surface area contributed by atoms with Crippen LogP contribution in [0.1, 0.15) is 20.8 Å². The topological polar surface area (TPSA) is 17.1 Å². The van der Waals surface area contributed by atoms with Gasteiger partial charge >= 0.3 is 0 Å². The lowest BCUT2D eigenvalue weighted by Crippen LogP contribution is -1.95. The van der Waals surface area contributed by atoms with Crippen molar-refractivity contribution in [3.63, 3.8) is 0 Å². The van der Waals surface area contributed by atoms with Crippen LogP contribution < -0.4 is 0 Å². The van der Waals surface area contributed by atoms with Crippen LogP contribution in [0.4, 0.5) is 0 Å². The number of hydrogen-bond acceptors (Lipinski definition) is 2. The summed E-state index contributed by atoms with van der Waals surface area (Å²) in [5.74, 6) is 0.0174. The van der Waals surface area contributed by atoms with Gasteiger partial charge in [0.1, 0.15) is 0 Å². The summed E-state index contributed by atoms with van der Waals surface area (Å²) in [5.41, 5.74) is 2.88. The third kappa shape index (κ3) is 3.35. The number of rotatable bonds is 4. The predicted octanol–water partition coefficient (Wildman–Crippen LogP) is 5.72. The minimum Gasteiger partial charge on any atom is -0.288 e. The van der Waals surface area contributed by atoms with Crippen molar-refractivity contribution in [1.82, 2.24) is 0 Å². The van der Waals surface area contributed by atoms with E-state index in [-0.39, 0.29) is 5.78 Å². The minimum absolute atomic E-state index is 0.0174. The lowest BCUT2D eigenvalue weighted by molar-refractivity contribution is 0.105. The van der Waals surface area contributed by atoms with E-state index in [1.54, 1.807) is 6.08 Å². The van der Waals surface area contributed by atoms with Gasteiger partial charge in [-0.15, -0.1) is 11.3 Å². The van der Waals surface area contributed by atoms with E-state index in [0.29, 0.717) is 5.02 Å². The molecule has 3 aromatic rings. The van der Waals surface area contributed by atoms with Gasteiger partial charge in [-0.3, -0.25) is 4.79 Å². The summed E-state index contributed by atoms with van der Waals surface area (Å²) in [5, 5.41) is 2.59. The molecule has 0 saturated carbocycles. The molecule has 0 amide bonds. The van der Waals surface area contributed by atoms with Gasteiger partial charge in [0, 0.05) is 5.02 Å². The SMILES string of the molecule is O=C(/C=C(/c1ccccc1)c1ccc(Cl)cc1)c1cccs1. The summed E-state index contributed by atoms with van der Waals surface area (Å²) in [6.45, 7) is 0. The van der Waals surface area contributed by atoms with Crippen molar-refractivity contribution in [2.75, 3.05) is 0 Å². The van der Waals surface area contributed by atoms with Gasteiger partial charge in [0.25, 0.3) is 0 Å². The van der Waals surface area contributed by atoms with Crippen molar-refractivity contribution in [2.45, 2.75) is 0 Å². The summed E-state index contributed by atoms with van der Waals surface area (Å²) >= 11 is 7.42. The van der Waals surface area contributed by atoms with Gasteiger partial charge in [-0.25, -0.2) is 0 Å². The number of allylic oxidation sites excluding steroid dienone is 1. The first-order chi connectivity index (χ1) is 10.7. The zero-order valence-electron chi connectivity index (χ0n) is 11.7. The Morgan fingerprint density at radius 2 is 1.55 bits per heavy atom. The number of halogens is 1. The predicted molar refractivity (Wildman–Crippen MR) is 93.6 cm³/mol. The van der Waals surface area contributed by atoms with Gasteiger partial charge in [0.15, 0.2) is 5.78 Å². The fraction of sp³-hybridized carbons (Fsp3) is 0. The molecule has 0 aliphatic carbocycles. The van der Waals surface area contributed by atoms with Crippen LogP contribution in [0.5, 0.6) is 0 Å². The van der Waals surface area contributed by atoms with Crippen LogP contribution in [0.3, 0.4) is 0 Å². The highest BCUT2D eigenvalue weighted by Crippen LogP contribution is 2.26. The highest BCUT2D eigenvalue weighted by atomic mass is 35.5. The summed E-state index contributed by atoms with van der Waals surface area (Å²) in [6, 6.07) is 21.2. The van der Waals surface area contributed by atoms with Crippen LogP contribution in [0.15, 0.2) is 78.2 Å². The average Bonchev–Trinajstić information content (AvgIpc) is 3.09. The van der Waals surface area contributed by atoms with Crippen LogP contribution in [-0.2, 0) is 0 Å². The molecular weight excluding hydrogens is 312 g/mol. The van der Waals surface area contributed by atoms with Crippen molar-refractivity contribution in [3.8, 4) is 0 Å². The highest BCUT2D eigenvalue weighted by Gasteiger charge is 2.10. The molecule has 0 aliphatic rings. The second kappa shape index (κ2) is 6.73. The molecule has 0 bridgehead atoms. The van der Waals surface area contributed by atoms with E-state index >= 15 is 0 Å². The van der Waals surface area contributed by atoms with Crippen molar-refractivity contribution in [3.05, 3.63) is 99.2 Å². The van der Waals surface area contributed by atoms with Gasteiger partial charge in [0.05, 0.1) is 4.88 Å². The van der Waals surface area contributed by atoms with Gasteiger partial charge in [0.2, 0.25) is 0 Å². The van der Waals surface area contributed by atoms with Gasteiger partial charge < -0.3 is 0 Å². The summed E-state index contributed by atoms with van der Waals surface area (Å²) in [7, 11) is 0. The smallest absolute Gasteiger partial charge is 0.196 e. The van der Waals surface area contributed by atoms with Crippen LogP contribution in [0, 0.1) is 0 Å². The molecular formula is C19H13ClOS. The van der Waals surface area contributed by atoms with E-state index in [9.17, 15) is 4.79 Å². The van der Waals surface area contributed by atoms with E-state index < -0.39 is 0 Å². The van der Waals surface area contributed by atoms with E-state index in [2.05, 4.69) is 0 Å². The summed E-state index contributed by atoms with van der Waals surface area (Å²) < 4.78 is 0. The van der Waals surface area contributed by atoms with Crippen LogP contribution in [0.25, 0.3) is 5.57 Å². The number of carbonyl (C=O) groups excluding carboxylic acids is 1. The maximum atomic E-state index is 12.4. The fourth-order valence-corrected chi connectivity index (χ4v) is 2.96. The van der Waals surface area contributed by atoms with Gasteiger partial charge in [-0.2, -0.15) is 0 Å². The molecule has 0 N–H and O–H groups in total. The van der Waals surface area contributed by atoms with Crippen molar-refractivity contribution >= 4 is 34.3 Å². The third-order valence-corrected chi connectivity index (χ3v) is 4.42.